The highest BCUT2D eigenvalue weighted by molar-refractivity contribution is 5.94. The number of ether oxygens (including phenoxy) is 2. The zero-order valence-electron chi connectivity index (χ0n) is 15.6. The molecule has 3 rings (SSSR count). The van der Waals surface area contributed by atoms with Crippen molar-refractivity contribution >= 4 is 28.3 Å². The van der Waals surface area contributed by atoms with Gasteiger partial charge in [0.1, 0.15) is 5.75 Å². The van der Waals surface area contributed by atoms with Gasteiger partial charge in [-0.3, -0.25) is 9.59 Å². The predicted molar refractivity (Wildman–Crippen MR) is 106 cm³/mol. The van der Waals surface area contributed by atoms with E-state index in [1.807, 2.05) is 0 Å². The first-order valence-electron chi connectivity index (χ1n) is 8.78. The topological polar surface area (TPSA) is 86.6 Å². The van der Waals surface area contributed by atoms with E-state index in [4.69, 9.17) is 9.47 Å². The van der Waals surface area contributed by atoms with Crippen LogP contribution in [0.3, 0.4) is 0 Å². The third-order valence-corrected chi connectivity index (χ3v) is 4.12. The summed E-state index contributed by atoms with van der Waals surface area (Å²) in [5, 5.41) is 3.87. The minimum Gasteiger partial charge on any atom is -0.483 e. The van der Waals surface area contributed by atoms with Gasteiger partial charge in [-0.05, 0) is 49.4 Å². The molecular formula is C21H20N2O5. The van der Waals surface area contributed by atoms with Gasteiger partial charge in [0.2, 0.25) is 0 Å². The van der Waals surface area contributed by atoms with E-state index >= 15 is 0 Å². The Labute approximate surface area is 161 Å². The SMILES string of the molecule is CCOC(=O)c1ccc(NC(=O)COc2cccc3c(=O)n(C)ccc23)cc1. The summed E-state index contributed by atoms with van der Waals surface area (Å²) in [5.41, 5.74) is 0.816. The number of anilines is 1. The Bertz CT molecular complexity index is 1070. The number of fused-ring (bicyclic) bond motifs is 1. The van der Waals surface area contributed by atoms with Crippen LogP contribution in [0.2, 0.25) is 0 Å². The molecule has 1 amide bonds. The van der Waals surface area contributed by atoms with Crippen molar-refractivity contribution in [2.75, 3.05) is 18.5 Å². The Kier molecular flexibility index (Phi) is 5.74. The van der Waals surface area contributed by atoms with Crippen molar-refractivity contribution in [1.82, 2.24) is 4.57 Å². The Morgan fingerprint density at radius 2 is 1.79 bits per heavy atom. The van der Waals surface area contributed by atoms with Gasteiger partial charge in [-0.1, -0.05) is 6.07 Å². The molecule has 1 heterocycles. The lowest BCUT2D eigenvalue weighted by molar-refractivity contribution is -0.118. The number of carbonyl (C=O) groups is 2. The minimum atomic E-state index is -0.411. The number of amides is 1. The Hall–Kier alpha value is -3.61. The number of hydrogen-bond donors (Lipinski definition) is 1. The van der Waals surface area contributed by atoms with E-state index in [0.29, 0.717) is 34.4 Å². The monoisotopic (exact) mass is 380 g/mol. The Morgan fingerprint density at radius 1 is 1.04 bits per heavy atom. The number of esters is 1. The third kappa shape index (κ3) is 4.20. The van der Waals surface area contributed by atoms with Gasteiger partial charge in [0.15, 0.2) is 6.61 Å². The summed E-state index contributed by atoms with van der Waals surface area (Å²) >= 11 is 0. The number of rotatable bonds is 6. The van der Waals surface area contributed by atoms with Crippen LogP contribution in [-0.2, 0) is 16.6 Å². The van der Waals surface area contributed by atoms with E-state index in [9.17, 15) is 14.4 Å². The standard InChI is InChI=1S/C21H20N2O5/c1-3-27-21(26)14-7-9-15(10-8-14)22-19(24)13-28-18-6-4-5-17-16(18)11-12-23(2)20(17)25/h4-12H,3,13H2,1-2H3,(H,22,24). The molecule has 1 aromatic heterocycles. The number of aromatic nitrogens is 1. The zero-order chi connectivity index (χ0) is 20.1. The highest BCUT2D eigenvalue weighted by Crippen LogP contribution is 2.23. The number of nitrogens with zero attached hydrogens (tertiary/aromatic N) is 1. The molecule has 7 heteroatoms. The molecule has 1 N–H and O–H groups in total. The van der Waals surface area contributed by atoms with Crippen molar-refractivity contribution in [1.29, 1.82) is 0 Å². The molecule has 0 aliphatic rings. The van der Waals surface area contributed by atoms with Gasteiger partial charge in [0.05, 0.1) is 17.6 Å². The predicted octanol–water partition coefficient (Wildman–Crippen LogP) is 2.73. The summed E-state index contributed by atoms with van der Waals surface area (Å²) in [6.45, 7) is 1.82. The molecular weight excluding hydrogens is 360 g/mol. The maximum absolute atomic E-state index is 12.2. The molecule has 144 valence electrons. The van der Waals surface area contributed by atoms with E-state index in [2.05, 4.69) is 5.32 Å². The van der Waals surface area contributed by atoms with Crippen LogP contribution in [0.1, 0.15) is 17.3 Å². The minimum absolute atomic E-state index is 0.130. The van der Waals surface area contributed by atoms with Crippen LogP contribution in [0.4, 0.5) is 5.69 Å². The molecule has 0 unspecified atom stereocenters. The van der Waals surface area contributed by atoms with Crippen LogP contribution in [0, 0.1) is 0 Å². The molecule has 0 aliphatic heterocycles. The molecule has 7 nitrogen and oxygen atoms in total. The first kappa shape index (κ1) is 19.2. The van der Waals surface area contributed by atoms with Crippen molar-refractivity contribution < 1.29 is 19.1 Å². The summed E-state index contributed by atoms with van der Waals surface area (Å²) in [6.07, 6.45) is 1.66. The normalized spacial score (nSPS) is 10.5. The van der Waals surface area contributed by atoms with Crippen LogP contribution in [0.25, 0.3) is 10.8 Å². The molecule has 2 aromatic carbocycles. The smallest absolute Gasteiger partial charge is 0.338 e. The maximum Gasteiger partial charge on any atom is 0.338 e. The molecule has 0 radical (unpaired) electrons. The van der Waals surface area contributed by atoms with E-state index in [0.717, 1.165) is 0 Å². The fraction of sp³-hybridized carbons (Fsp3) is 0.190. The van der Waals surface area contributed by atoms with E-state index < -0.39 is 5.97 Å². The highest BCUT2D eigenvalue weighted by Gasteiger charge is 2.10. The summed E-state index contributed by atoms with van der Waals surface area (Å²) in [5.74, 6) is -0.307. The average Bonchev–Trinajstić information content (AvgIpc) is 2.70. The van der Waals surface area contributed by atoms with Crippen molar-refractivity contribution in [2.45, 2.75) is 6.92 Å². The second-order valence-electron chi connectivity index (χ2n) is 6.08. The van der Waals surface area contributed by atoms with Gasteiger partial charge in [-0.25, -0.2) is 4.79 Å². The van der Waals surface area contributed by atoms with E-state index in [1.165, 1.54) is 4.57 Å². The molecule has 0 spiro atoms. The molecule has 3 aromatic rings. The van der Waals surface area contributed by atoms with Gasteiger partial charge in [0, 0.05) is 24.3 Å². The van der Waals surface area contributed by atoms with Gasteiger partial charge in [0.25, 0.3) is 11.5 Å². The van der Waals surface area contributed by atoms with Crippen molar-refractivity contribution in [3.8, 4) is 5.75 Å². The molecule has 0 saturated heterocycles. The highest BCUT2D eigenvalue weighted by atomic mass is 16.5. The van der Waals surface area contributed by atoms with Crippen LogP contribution in [0.15, 0.2) is 59.5 Å². The number of nitrogens with one attached hydrogen (secondary N) is 1. The molecule has 0 saturated carbocycles. The summed E-state index contributed by atoms with van der Waals surface area (Å²) in [4.78, 5) is 36.0. The maximum atomic E-state index is 12.2. The lowest BCUT2D eigenvalue weighted by atomic mass is 10.1. The quantitative estimate of drug-likeness (QED) is 0.665. The van der Waals surface area contributed by atoms with Gasteiger partial charge in [-0.15, -0.1) is 0 Å². The van der Waals surface area contributed by atoms with Crippen LogP contribution >= 0.6 is 0 Å². The number of carbonyl (C=O) groups excluding carboxylic acids is 2. The molecule has 0 atom stereocenters. The summed E-state index contributed by atoms with van der Waals surface area (Å²) < 4.78 is 12.0. The lowest BCUT2D eigenvalue weighted by Gasteiger charge is -2.10. The first-order chi connectivity index (χ1) is 13.5. The lowest BCUT2D eigenvalue weighted by Crippen LogP contribution is -2.20. The second kappa shape index (κ2) is 8.39. The van der Waals surface area contributed by atoms with Gasteiger partial charge in [-0.2, -0.15) is 0 Å². The van der Waals surface area contributed by atoms with Crippen LogP contribution < -0.4 is 15.6 Å². The number of hydrogen-bond acceptors (Lipinski definition) is 5. The van der Waals surface area contributed by atoms with Crippen molar-refractivity contribution in [3.63, 3.8) is 0 Å². The molecule has 28 heavy (non-hydrogen) atoms. The average molecular weight is 380 g/mol. The molecule has 0 bridgehead atoms. The van der Waals surface area contributed by atoms with E-state index in [1.54, 1.807) is 68.7 Å². The van der Waals surface area contributed by atoms with E-state index in [-0.39, 0.29) is 18.1 Å². The fourth-order valence-corrected chi connectivity index (χ4v) is 2.72. The largest absolute Gasteiger partial charge is 0.483 e. The number of pyridine rings is 1. The number of aryl methyl sites for hydroxylation is 1. The first-order valence-corrected chi connectivity index (χ1v) is 8.78. The molecule has 0 aliphatic carbocycles. The Morgan fingerprint density at radius 3 is 2.50 bits per heavy atom. The summed E-state index contributed by atoms with van der Waals surface area (Å²) in [7, 11) is 1.68. The number of benzene rings is 2. The van der Waals surface area contributed by atoms with Crippen LogP contribution in [0.5, 0.6) is 5.75 Å². The van der Waals surface area contributed by atoms with Gasteiger partial charge < -0.3 is 19.4 Å². The Balaban J connectivity index is 1.65. The summed E-state index contributed by atoms with van der Waals surface area (Å²) in [6, 6.07) is 13.3. The van der Waals surface area contributed by atoms with Gasteiger partial charge >= 0.3 is 5.97 Å². The third-order valence-electron chi connectivity index (χ3n) is 4.12. The zero-order valence-corrected chi connectivity index (χ0v) is 15.6. The van der Waals surface area contributed by atoms with Crippen molar-refractivity contribution in [3.05, 3.63) is 70.6 Å². The molecule has 0 fully saturated rings. The van der Waals surface area contributed by atoms with Crippen molar-refractivity contribution in [2.24, 2.45) is 7.05 Å². The second-order valence-corrected chi connectivity index (χ2v) is 6.08. The van der Waals surface area contributed by atoms with Crippen LogP contribution in [-0.4, -0.2) is 29.7 Å². The fourth-order valence-electron chi connectivity index (χ4n) is 2.72.